The lowest BCUT2D eigenvalue weighted by Gasteiger charge is -2.07. The fourth-order valence-electron chi connectivity index (χ4n) is 1.04. The third kappa shape index (κ3) is 3.12. The van der Waals surface area contributed by atoms with E-state index in [9.17, 15) is 5.11 Å². The number of benzene rings is 1. The van der Waals surface area contributed by atoms with Crippen LogP contribution >= 0.6 is 0 Å². The van der Waals surface area contributed by atoms with Gasteiger partial charge >= 0.3 is 0 Å². The Morgan fingerprint density at radius 1 is 1.40 bits per heavy atom. The smallest absolute Gasteiger partial charge is 0.130 e. The zero-order valence-electron chi connectivity index (χ0n) is 8.06. The molecule has 0 atom stereocenters. The summed E-state index contributed by atoms with van der Waals surface area (Å²) in [6.45, 7) is 0.546. The third-order valence-corrected chi connectivity index (χ3v) is 1.73. The van der Waals surface area contributed by atoms with E-state index in [0.717, 1.165) is 0 Å². The highest BCUT2D eigenvalue weighted by molar-refractivity contribution is 5.97. The minimum Gasteiger partial charge on any atom is -0.507 e. The van der Waals surface area contributed by atoms with E-state index in [1.165, 1.54) is 12.1 Å². The topological polar surface area (TPSA) is 115 Å². The van der Waals surface area contributed by atoms with Crippen LogP contribution in [0.1, 0.15) is 5.56 Å². The highest BCUT2D eigenvalue weighted by atomic mass is 16.6. The van der Waals surface area contributed by atoms with Gasteiger partial charge in [0.1, 0.15) is 30.5 Å². The molecular formula is C9H13N3O3. The van der Waals surface area contributed by atoms with Crippen molar-refractivity contribution >= 4 is 5.84 Å². The average molecular weight is 211 g/mol. The SMILES string of the molecule is N=C(N)c1ccc(OCCON)cc1O. The summed E-state index contributed by atoms with van der Waals surface area (Å²) in [6.07, 6.45) is 0. The molecule has 0 aliphatic carbocycles. The maximum absolute atomic E-state index is 9.46. The van der Waals surface area contributed by atoms with Crippen molar-refractivity contribution in [3.8, 4) is 11.5 Å². The zero-order valence-corrected chi connectivity index (χ0v) is 8.06. The lowest BCUT2D eigenvalue weighted by atomic mass is 10.2. The number of phenolic OH excluding ortho intramolecular Hbond substituents is 1. The first kappa shape index (κ1) is 11.3. The lowest BCUT2D eigenvalue weighted by Crippen LogP contribution is -2.12. The van der Waals surface area contributed by atoms with E-state index in [1.54, 1.807) is 6.07 Å². The Bertz CT molecular complexity index is 354. The van der Waals surface area contributed by atoms with Gasteiger partial charge in [0.2, 0.25) is 0 Å². The highest BCUT2D eigenvalue weighted by Crippen LogP contribution is 2.22. The van der Waals surface area contributed by atoms with Crippen molar-refractivity contribution in [2.45, 2.75) is 0 Å². The van der Waals surface area contributed by atoms with Crippen LogP contribution in [0, 0.1) is 5.41 Å². The Balaban J connectivity index is 2.69. The summed E-state index contributed by atoms with van der Waals surface area (Å²) in [4.78, 5) is 4.31. The molecule has 1 rings (SSSR count). The van der Waals surface area contributed by atoms with Gasteiger partial charge in [-0.2, -0.15) is 0 Å². The summed E-state index contributed by atoms with van der Waals surface area (Å²) in [5, 5.41) is 16.6. The molecule has 0 radical (unpaired) electrons. The Morgan fingerprint density at radius 2 is 2.13 bits per heavy atom. The summed E-state index contributed by atoms with van der Waals surface area (Å²) < 4.78 is 5.19. The first-order valence-corrected chi connectivity index (χ1v) is 4.27. The van der Waals surface area contributed by atoms with E-state index in [0.29, 0.717) is 5.75 Å². The molecule has 0 heterocycles. The standard InChI is InChI=1S/C9H13N3O3/c10-9(11)7-2-1-6(5-8(7)13)14-3-4-15-12/h1-2,5,13H,3-4,12H2,(H3,10,11). The molecular weight excluding hydrogens is 198 g/mol. The molecule has 15 heavy (non-hydrogen) atoms. The quantitative estimate of drug-likeness (QED) is 0.236. The molecule has 0 aliphatic rings. The van der Waals surface area contributed by atoms with Gasteiger partial charge in [0, 0.05) is 6.07 Å². The van der Waals surface area contributed by atoms with Gasteiger partial charge in [-0.05, 0) is 12.1 Å². The number of hydrogen-bond acceptors (Lipinski definition) is 5. The van der Waals surface area contributed by atoms with Gasteiger partial charge in [-0.3, -0.25) is 5.41 Å². The summed E-state index contributed by atoms with van der Waals surface area (Å²) in [7, 11) is 0. The van der Waals surface area contributed by atoms with Crippen LogP contribution in [-0.2, 0) is 4.84 Å². The average Bonchev–Trinajstić information content (AvgIpc) is 2.17. The van der Waals surface area contributed by atoms with E-state index in [1.807, 2.05) is 0 Å². The molecule has 6 nitrogen and oxygen atoms in total. The van der Waals surface area contributed by atoms with Gasteiger partial charge < -0.3 is 20.4 Å². The number of nitrogen functional groups attached to an aromatic ring is 1. The Hall–Kier alpha value is -1.79. The van der Waals surface area contributed by atoms with E-state index in [-0.39, 0.29) is 30.4 Å². The predicted octanol–water partition coefficient (Wildman–Crippen LogP) is -0.0546. The molecule has 0 unspecified atom stereocenters. The molecule has 0 aromatic heterocycles. The van der Waals surface area contributed by atoms with Crippen molar-refractivity contribution in [3.05, 3.63) is 23.8 Å². The van der Waals surface area contributed by atoms with Gasteiger partial charge in [0.05, 0.1) is 5.56 Å². The Kier molecular flexibility index (Phi) is 3.90. The number of phenols is 1. The second-order valence-electron chi connectivity index (χ2n) is 2.81. The van der Waals surface area contributed by atoms with Gasteiger partial charge in [-0.25, -0.2) is 5.90 Å². The van der Waals surface area contributed by atoms with Crippen molar-refractivity contribution < 1.29 is 14.7 Å². The fourth-order valence-corrected chi connectivity index (χ4v) is 1.04. The number of nitrogens with one attached hydrogen (secondary N) is 1. The molecule has 0 spiro atoms. The summed E-state index contributed by atoms with van der Waals surface area (Å²) in [6, 6.07) is 4.50. The molecule has 0 aliphatic heterocycles. The van der Waals surface area contributed by atoms with Crippen LogP contribution < -0.4 is 16.4 Å². The van der Waals surface area contributed by atoms with Crippen molar-refractivity contribution in [3.63, 3.8) is 0 Å². The minimum atomic E-state index is -0.190. The van der Waals surface area contributed by atoms with Crippen molar-refractivity contribution in [1.82, 2.24) is 0 Å². The lowest BCUT2D eigenvalue weighted by molar-refractivity contribution is 0.102. The molecule has 6 heteroatoms. The summed E-state index contributed by atoms with van der Waals surface area (Å²) in [5.41, 5.74) is 5.51. The largest absolute Gasteiger partial charge is 0.507 e. The zero-order chi connectivity index (χ0) is 11.3. The Morgan fingerprint density at radius 3 is 2.67 bits per heavy atom. The van der Waals surface area contributed by atoms with E-state index < -0.39 is 0 Å². The first-order valence-electron chi connectivity index (χ1n) is 4.27. The van der Waals surface area contributed by atoms with E-state index in [4.69, 9.17) is 21.8 Å². The van der Waals surface area contributed by atoms with Crippen LogP contribution in [0.2, 0.25) is 0 Å². The fraction of sp³-hybridized carbons (Fsp3) is 0.222. The first-order chi connectivity index (χ1) is 7.15. The second-order valence-corrected chi connectivity index (χ2v) is 2.81. The molecule has 0 saturated heterocycles. The van der Waals surface area contributed by atoms with Crippen LogP contribution in [0.5, 0.6) is 11.5 Å². The van der Waals surface area contributed by atoms with Crippen molar-refractivity contribution in [1.29, 1.82) is 5.41 Å². The highest BCUT2D eigenvalue weighted by Gasteiger charge is 2.05. The van der Waals surface area contributed by atoms with E-state index in [2.05, 4.69) is 4.84 Å². The molecule has 1 aromatic carbocycles. The van der Waals surface area contributed by atoms with E-state index >= 15 is 0 Å². The number of nitrogens with two attached hydrogens (primary N) is 2. The summed E-state index contributed by atoms with van der Waals surface area (Å²) >= 11 is 0. The predicted molar refractivity (Wildman–Crippen MR) is 54.8 cm³/mol. The number of rotatable bonds is 5. The van der Waals surface area contributed by atoms with Gasteiger partial charge in [0.15, 0.2) is 0 Å². The van der Waals surface area contributed by atoms with Crippen LogP contribution in [0.3, 0.4) is 0 Å². The maximum atomic E-state index is 9.46. The van der Waals surface area contributed by atoms with Gasteiger partial charge in [-0.1, -0.05) is 0 Å². The van der Waals surface area contributed by atoms with Crippen LogP contribution in [0.15, 0.2) is 18.2 Å². The molecule has 0 amide bonds. The monoisotopic (exact) mass is 211 g/mol. The maximum Gasteiger partial charge on any atom is 0.130 e. The molecule has 1 aromatic rings. The van der Waals surface area contributed by atoms with Crippen molar-refractivity contribution in [2.24, 2.45) is 11.6 Å². The molecule has 0 fully saturated rings. The molecule has 82 valence electrons. The van der Waals surface area contributed by atoms with Crippen molar-refractivity contribution in [2.75, 3.05) is 13.2 Å². The molecule has 0 bridgehead atoms. The summed E-state index contributed by atoms with van der Waals surface area (Å²) in [5.74, 6) is 5.00. The number of ether oxygens (including phenoxy) is 1. The van der Waals surface area contributed by atoms with Gasteiger partial charge in [-0.15, -0.1) is 0 Å². The Labute approximate surface area is 86.9 Å². The number of hydrogen-bond donors (Lipinski definition) is 4. The second kappa shape index (κ2) is 5.18. The molecule has 6 N–H and O–H groups in total. The molecule has 0 saturated carbocycles. The normalized spacial score (nSPS) is 9.93. The minimum absolute atomic E-state index is 0.0892. The van der Waals surface area contributed by atoms with Gasteiger partial charge in [0.25, 0.3) is 0 Å². The van der Waals surface area contributed by atoms with Crippen LogP contribution in [0.4, 0.5) is 0 Å². The third-order valence-electron chi connectivity index (χ3n) is 1.73. The number of amidine groups is 1. The number of aromatic hydroxyl groups is 1. The van der Waals surface area contributed by atoms with Crippen LogP contribution in [0.25, 0.3) is 0 Å². The van der Waals surface area contributed by atoms with Crippen LogP contribution in [-0.4, -0.2) is 24.2 Å².